The number of carbonyl (C=O) groups excluding carboxylic acids is 1. The SMILES string of the molecule is CC(C)C[C@@H](B1O[C@@H]2C[C@@H]3C[C@@H](C3(C)C)[C@]2(C)O1)N1OC(Cc2ccccc2)CC1CNC(=O)c1cc(F)cnc1Cl. The normalized spacial score (nSPS) is 32.5. The smallest absolute Gasteiger partial charge is 0.404 e. The average molecular weight is 598 g/mol. The van der Waals surface area contributed by atoms with E-state index >= 15 is 0 Å². The molecule has 2 aliphatic heterocycles. The second-order valence-electron chi connectivity index (χ2n) is 13.9. The van der Waals surface area contributed by atoms with Gasteiger partial charge in [-0.25, -0.2) is 9.37 Å². The van der Waals surface area contributed by atoms with Gasteiger partial charge in [-0.15, -0.1) is 0 Å². The van der Waals surface area contributed by atoms with Crippen molar-refractivity contribution in [3.63, 3.8) is 0 Å². The first-order valence-electron chi connectivity index (χ1n) is 15.4. The molecule has 0 radical (unpaired) electrons. The van der Waals surface area contributed by atoms with Crippen molar-refractivity contribution in [2.75, 3.05) is 6.54 Å². The molecule has 3 heterocycles. The number of halogens is 2. The van der Waals surface area contributed by atoms with Crippen LogP contribution in [0.3, 0.4) is 0 Å². The molecule has 3 saturated carbocycles. The van der Waals surface area contributed by atoms with Gasteiger partial charge in [0.05, 0.1) is 41.6 Å². The molecule has 10 heteroatoms. The van der Waals surface area contributed by atoms with Gasteiger partial charge in [-0.2, -0.15) is 5.06 Å². The molecule has 1 aromatic carbocycles. The highest BCUT2D eigenvalue weighted by Gasteiger charge is 2.69. The Bertz CT molecular complexity index is 1300. The van der Waals surface area contributed by atoms with Crippen molar-refractivity contribution in [3.8, 4) is 0 Å². The van der Waals surface area contributed by atoms with E-state index in [1.54, 1.807) is 0 Å². The lowest BCUT2D eigenvalue weighted by Gasteiger charge is -2.64. The van der Waals surface area contributed by atoms with E-state index in [2.05, 4.69) is 57.1 Å². The number of aromatic nitrogens is 1. The van der Waals surface area contributed by atoms with Crippen LogP contribution < -0.4 is 5.32 Å². The van der Waals surface area contributed by atoms with Crippen LogP contribution in [-0.2, 0) is 20.6 Å². The average Bonchev–Trinajstić information content (AvgIpc) is 3.51. The van der Waals surface area contributed by atoms with Crippen LogP contribution in [0.25, 0.3) is 0 Å². The van der Waals surface area contributed by atoms with Crippen molar-refractivity contribution in [2.45, 2.75) is 96.5 Å². The standard InChI is InChI=1S/C32H42BClFN3O4/c1-19(2)11-28(33-40-27-14-21-13-26(31(21,3)4)32(27,5)42-33)38-23(16-24(41-38)12-20-9-7-6-8-10-20)18-37-30(39)25-15-22(35)17-36-29(25)34/h6-10,15,17,19,21,23-24,26-28H,11-14,16,18H2,1-5H3,(H,37,39)/t21-,23?,24?,26-,27+,28-,32-/m0/s1. The number of carbonyl (C=O) groups is 1. The Morgan fingerprint density at radius 1 is 1.21 bits per heavy atom. The first-order valence-corrected chi connectivity index (χ1v) is 15.7. The Balaban J connectivity index is 1.24. The molecule has 1 aromatic heterocycles. The van der Waals surface area contributed by atoms with Crippen molar-refractivity contribution < 1.29 is 23.3 Å². The third kappa shape index (κ3) is 5.52. The molecular weight excluding hydrogens is 556 g/mol. The second-order valence-corrected chi connectivity index (χ2v) is 14.3. The molecule has 1 N–H and O–H groups in total. The van der Waals surface area contributed by atoms with E-state index in [0.717, 1.165) is 31.5 Å². The molecule has 7 nitrogen and oxygen atoms in total. The fourth-order valence-corrected chi connectivity index (χ4v) is 8.19. The van der Waals surface area contributed by atoms with Gasteiger partial charge in [-0.3, -0.25) is 9.63 Å². The number of amides is 1. The molecule has 2 unspecified atom stereocenters. The highest BCUT2D eigenvalue weighted by molar-refractivity contribution is 6.47. The molecule has 0 spiro atoms. The van der Waals surface area contributed by atoms with E-state index in [1.165, 1.54) is 12.0 Å². The third-order valence-electron chi connectivity index (χ3n) is 10.3. The van der Waals surface area contributed by atoms with Gasteiger partial charge >= 0.3 is 7.12 Å². The lowest BCUT2D eigenvalue weighted by molar-refractivity contribution is -0.200. The third-order valence-corrected chi connectivity index (χ3v) is 10.6. The van der Waals surface area contributed by atoms with Gasteiger partial charge in [0.25, 0.3) is 5.91 Å². The van der Waals surface area contributed by atoms with Crippen LogP contribution >= 0.6 is 11.6 Å². The molecular formula is C32H42BClFN3O4. The molecule has 1 amide bonds. The molecule has 2 saturated heterocycles. The summed E-state index contributed by atoms with van der Waals surface area (Å²) in [7, 11) is -0.437. The van der Waals surface area contributed by atoms with Crippen molar-refractivity contribution in [3.05, 3.63) is 64.7 Å². The second kappa shape index (κ2) is 11.5. The summed E-state index contributed by atoms with van der Waals surface area (Å²) in [6.07, 6.45) is 5.48. The van der Waals surface area contributed by atoms with E-state index in [0.29, 0.717) is 30.7 Å². The zero-order valence-electron chi connectivity index (χ0n) is 25.2. The molecule has 3 aliphatic carbocycles. The number of nitrogens with zero attached hydrogens (tertiary/aromatic N) is 2. The van der Waals surface area contributed by atoms with E-state index in [4.69, 9.17) is 25.7 Å². The quantitative estimate of drug-likeness (QED) is 0.287. The van der Waals surface area contributed by atoms with Gasteiger partial charge in [0, 0.05) is 13.0 Å². The summed E-state index contributed by atoms with van der Waals surface area (Å²) >= 11 is 6.12. The lowest BCUT2D eigenvalue weighted by atomic mass is 9.43. The molecule has 5 fully saturated rings. The van der Waals surface area contributed by atoms with Gasteiger partial charge in [0.2, 0.25) is 0 Å². The number of hydrogen-bond donors (Lipinski definition) is 1. The Labute approximate surface area is 253 Å². The fourth-order valence-electron chi connectivity index (χ4n) is 8.00. The van der Waals surface area contributed by atoms with Crippen LogP contribution in [0.2, 0.25) is 5.15 Å². The van der Waals surface area contributed by atoms with Gasteiger partial charge in [0.1, 0.15) is 11.0 Å². The number of nitrogens with one attached hydrogen (secondary N) is 1. The van der Waals surface area contributed by atoms with E-state index in [9.17, 15) is 9.18 Å². The summed E-state index contributed by atoms with van der Waals surface area (Å²) in [6.45, 7) is 11.7. The maximum absolute atomic E-state index is 13.8. The molecule has 5 aliphatic rings. The van der Waals surface area contributed by atoms with Crippen molar-refractivity contribution in [2.24, 2.45) is 23.2 Å². The summed E-state index contributed by atoms with van der Waals surface area (Å²) in [5, 5.41) is 4.98. The van der Waals surface area contributed by atoms with Gasteiger partial charge in [-0.05, 0) is 67.4 Å². The van der Waals surface area contributed by atoms with Crippen LogP contribution in [0.15, 0.2) is 42.6 Å². The van der Waals surface area contributed by atoms with Gasteiger partial charge in [0.15, 0.2) is 0 Å². The minimum absolute atomic E-state index is 0.0164. The zero-order valence-corrected chi connectivity index (χ0v) is 25.9. The maximum atomic E-state index is 13.8. The fraction of sp³-hybridized carbons (Fsp3) is 0.625. The first kappa shape index (κ1) is 30.0. The maximum Gasteiger partial charge on any atom is 0.478 e. The Hall–Kier alpha value is -2.04. The highest BCUT2D eigenvalue weighted by atomic mass is 35.5. The van der Waals surface area contributed by atoms with Gasteiger partial charge in [-0.1, -0.05) is 69.6 Å². The summed E-state index contributed by atoms with van der Waals surface area (Å²) < 4.78 is 27.6. The van der Waals surface area contributed by atoms with Crippen LogP contribution in [0.4, 0.5) is 4.39 Å². The predicted octanol–water partition coefficient (Wildman–Crippen LogP) is 5.90. The van der Waals surface area contributed by atoms with Crippen LogP contribution in [0, 0.1) is 29.0 Å². The molecule has 2 bridgehead atoms. The molecule has 7 atom stereocenters. The number of hydroxylamine groups is 2. The number of rotatable bonds is 9. The van der Waals surface area contributed by atoms with E-state index in [-0.39, 0.29) is 45.9 Å². The molecule has 42 heavy (non-hydrogen) atoms. The first-order chi connectivity index (χ1) is 20.0. The largest absolute Gasteiger partial charge is 0.478 e. The van der Waals surface area contributed by atoms with E-state index in [1.807, 2.05) is 23.3 Å². The highest BCUT2D eigenvalue weighted by Crippen LogP contribution is 2.66. The topological polar surface area (TPSA) is 72.9 Å². The van der Waals surface area contributed by atoms with Crippen molar-refractivity contribution >= 4 is 24.6 Å². The monoisotopic (exact) mass is 597 g/mol. The zero-order chi connectivity index (χ0) is 29.8. The minimum atomic E-state index is -0.609. The Morgan fingerprint density at radius 3 is 2.69 bits per heavy atom. The van der Waals surface area contributed by atoms with Crippen molar-refractivity contribution in [1.29, 1.82) is 0 Å². The summed E-state index contributed by atoms with van der Waals surface area (Å²) in [6, 6.07) is 11.3. The van der Waals surface area contributed by atoms with E-state index < -0.39 is 18.8 Å². The Morgan fingerprint density at radius 2 is 1.98 bits per heavy atom. The van der Waals surface area contributed by atoms with Crippen LogP contribution in [-0.4, -0.2) is 59.4 Å². The van der Waals surface area contributed by atoms with Crippen LogP contribution in [0.5, 0.6) is 0 Å². The summed E-state index contributed by atoms with van der Waals surface area (Å²) in [4.78, 5) is 23.6. The predicted molar refractivity (Wildman–Crippen MR) is 160 cm³/mol. The molecule has 2 aromatic rings. The van der Waals surface area contributed by atoms with Crippen LogP contribution in [0.1, 0.15) is 76.2 Å². The molecule has 226 valence electrons. The number of hydrogen-bond acceptors (Lipinski definition) is 6. The number of pyridine rings is 1. The van der Waals surface area contributed by atoms with Crippen molar-refractivity contribution in [1.82, 2.24) is 15.4 Å². The number of benzene rings is 1. The lowest BCUT2D eigenvalue weighted by Crippen LogP contribution is -2.65. The Kier molecular flexibility index (Phi) is 8.20. The molecule has 7 rings (SSSR count). The minimum Gasteiger partial charge on any atom is -0.404 e. The summed E-state index contributed by atoms with van der Waals surface area (Å²) in [5.74, 6) is 0.261. The summed E-state index contributed by atoms with van der Waals surface area (Å²) in [5.41, 5.74) is 1.13. The van der Waals surface area contributed by atoms with Gasteiger partial charge < -0.3 is 14.6 Å².